The van der Waals surface area contributed by atoms with Gasteiger partial charge in [-0.1, -0.05) is 23.4 Å². The van der Waals surface area contributed by atoms with Crippen LogP contribution in [0.5, 0.6) is 5.75 Å². The van der Waals surface area contributed by atoms with Gasteiger partial charge in [0.25, 0.3) is 0 Å². The van der Waals surface area contributed by atoms with E-state index in [1.165, 1.54) is 6.26 Å². The fraction of sp³-hybridized carbons (Fsp3) is 0.167. The van der Waals surface area contributed by atoms with Gasteiger partial charge in [-0.3, -0.25) is 0 Å². The third-order valence-corrected chi connectivity index (χ3v) is 3.79. The summed E-state index contributed by atoms with van der Waals surface area (Å²) in [6.07, 6.45) is 2.06. The summed E-state index contributed by atoms with van der Waals surface area (Å²) in [6.45, 7) is 0.358. The third kappa shape index (κ3) is 3.22. The number of fused-ring (bicyclic) bond motifs is 1. The second kappa shape index (κ2) is 6.74. The molecular formula is C18H16N4O3. The zero-order valence-corrected chi connectivity index (χ0v) is 13.4. The molecule has 0 bridgehead atoms. The van der Waals surface area contributed by atoms with Crippen LogP contribution in [0.25, 0.3) is 16.7 Å². The van der Waals surface area contributed by atoms with Gasteiger partial charge >= 0.3 is 0 Å². The van der Waals surface area contributed by atoms with Gasteiger partial charge in [-0.15, -0.1) is 15.0 Å². The van der Waals surface area contributed by atoms with Crippen LogP contribution < -0.4 is 4.74 Å². The molecule has 0 atom stereocenters. The van der Waals surface area contributed by atoms with E-state index in [0.717, 1.165) is 16.6 Å². The van der Waals surface area contributed by atoms with Crippen LogP contribution in [0.15, 0.2) is 59.3 Å². The van der Waals surface area contributed by atoms with E-state index in [-0.39, 0.29) is 13.2 Å². The van der Waals surface area contributed by atoms with Crippen LogP contribution in [-0.4, -0.2) is 31.9 Å². The maximum atomic E-state index is 9.21. The maximum Gasteiger partial charge on any atom is 0.147 e. The summed E-state index contributed by atoms with van der Waals surface area (Å²) in [7, 11) is 0. The summed E-state index contributed by atoms with van der Waals surface area (Å²) < 4.78 is 10.7. The summed E-state index contributed by atoms with van der Waals surface area (Å²) in [6, 6.07) is 15.1. The summed E-state index contributed by atoms with van der Waals surface area (Å²) in [5, 5.41) is 22.1. The number of ether oxygens (including phenoxy) is 1. The number of aliphatic hydroxyl groups excluding tert-OH is 1. The van der Waals surface area contributed by atoms with Crippen molar-refractivity contribution in [2.24, 2.45) is 0 Å². The monoisotopic (exact) mass is 336 g/mol. The van der Waals surface area contributed by atoms with Crippen molar-refractivity contribution >= 4 is 11.0 Å². The zero-order valence-electron chi connectivity index (χ0n) is 13.4. The van der Waals surface area contributed by atoms with Gasteiger partial charge in [0.2, 0.25) is 0 Å². The lowest BCUT2D eigenvalue weighted by molar-refractivity contribution is 0.286. The first-order valence-corrected chi connectivity index (χ1v) is 7.92. The second-order valence-electron chi connectivity index (χ2n) is 5.53. The van der Waals surface area contributed by atoms with Crippen molar-refractivity contribution in [3.8, 4) is 11.4 Å². The summed E-state index contributed by atoms with van der Waals surface area (Å²) in [5.74, 6) is 0.630. The zero-order chi connectivity index (χ0) is 17.1. The molecule has 0 amide bonds. The SMILES string of the molecule is OCCc1ccc(OCc2ccon2)c(-n2nc3ccccc3n2)c1. The molecule has 25 heavy (non-hydrogen) atoms. The summed E-state index contributed by atoms with van der Waals surface area (Å²) in [5.41, 5.74) is 4.00. The Hall–Kier alpha value is -3.19. The van der Waals surface area contributed by atoms with Crippen LogP contribution in [0.2, 0.25) is 0 Å². The molecule has 2 aromatic carbocycles. The first-order valence-electron chi connectivity index (χ1n) is 7.92. The lowest BCUT2D eigenvalue weighted by atomic mass is 10.1. The fourth-order valence-electron chi connectivity index (χ4n) is 2.56. The van der Waals surface area contributed by atoms with Gasteiger partial charge in [0, 0.05) is 12.7 Å². The van der Waals surface area contributed by atoms with E-state index in [2.05, 4.69) is 15.4 Å². The number of hydrogen-bond acceptors (Lipinski definition) is 6. The average Bonchev–Trinajstić information content (AvgIpc) is 3.30. The number of hydrogen-bond donors (Lipinski definition) is 1. The largest absolute Gasteiger partial charge is 0.485 e. The number of aromatic nitrogens is 4. The van der Waals surface area contributed by atoms with Gasteiger partial charge in [0.05, 0.1) is 0 Å². The smallest absolute Gasteiger partial charge is 0.147 e. The Morgan fingerprint density at radius 1 is 1.04 bits per heavy atom. The van der Waals surface area contributed by atoms with Gasteiger partial charge in [0.15, 0.2) is 0 Å². The van der Waals surface area contributed by atoms with Crippen molar-refractivity contribution in [1.82, 2.24) is 20.2 Å². The van der Waals surface area contributed by atoms with E-state index in [1.807, 2.05) is 42.5 Å². The Morgan fingerprint density at radius 3 is 2.52 bits per heavy atom. The van der Waals surface area contributed by atoms with Gasteiger partial charge in [-0.2, -0.15) is 0 Å². The molecule has 0 aliphatic carbocycles. The molecule has 0 aliphatic heterocycles. The van der Waals surface area contributed by atoms with Crippen LogP contribution >= 0.6 is 0 Å². The molecule has 2 heterocycles. The lowest BCUT2D eigenvalue weighted by Crippen LogP contribution is -2.05. The Morgan fingerprint density at radius 2 is 1.84 bits per heavy atom. The molecule has 0 saturated heterocycles. The maximum absolute atomic E-state index is 9.21. The first-order chi connectivity index (χ1) is 12.3. The molecule has 0 radical (unpaired) electrons. The van der Waals surface area contributed by atoms with Crippen molar-refractivity contribution in [1.29, 1.82) is 0 Å². The van der Waals surface area contributed by atoms with Crippen molar-refractivity contribution in [2.45, 2.75) is 13.0 Å². The van der Waals surface area contributed by atoms with E-state index in [4.69, 9.17) is 9.26 Å². The molecule has 4 aromatic rings. The molecule has 7 nitrogen and oxygen atoms in total. The molecule has 0 spiro atoms. The van der Waals surface area contributed by atoms with Gasteiger partial charge in [-0.25, -0.2) is 0 Å². The number of rotatable bonds is 6. The minimum Gasteiger partial charge on any atom is -0.485 e. The van der Waals surface area contributed by atoms with Gasteiger partial charge in [-0.05, 0) is 36.2 Å². The molecule has 2 aromatic heterocycles. The molecule has 0 unspecified atom stereocenters. The van der Waals surface area contributed by atoms with Crippen LogP contribution in [0.4, 0.5) is 0 Å². The van der Waals surface area contributed by atoms with E-state index in [1.54, 1.807) is 10.9 Å². The molecule has 1 N–H and O–H groups in total. The summed E-state index contributed by atoms with van der Waals surface area (Å²) in [4.78, 5) is 1.56. The van der Waals surface area contributed by atoms with E-state index >= 15 is 0 Å². The molecular weight excluding hydrogens is 320 g/mol. The predicted octanol–water partition coefficient (Wildman–Crippen LogP) is 2.52. The van der Waals surface area contributed by atoms with E-state index < -0.39 is 0 Å². The molecule has 4 rings (SSSR count). The Balaban J connectivity index is 1.72. The third-order valence-electron chi connectivity index (χ3n) is 3.79. The minimum atomic E-state index is 0.0765. The van der Waals surface area contributed by atoms with Crippen LogP contribution in [0, 0.1) is 0 Å². The van der Waals surface area contributed by atoms with Crippen molar-refractivity contribution in [2.75, 3.05) is 6.61 Å². The number of benzene rings is 2. The van der Waals surface area contributed by atoms with Crippen molar-refractivity contribution in [3.05, 3.63) is 66.1 Å². The molecule has 0 saturated carbocycles. The number of aliphatic hydroxyl groups is 1. The Bertz CT molecular complexity index is 946. The molecule has 0 aliphatic rings. The Labute approximate surface area is 143 Å². The predicted molar refractivity (Wildman–Crippen MR) is 90.5 cm³/mol. The van der Waals surface area contributed by atoms with Gasteiger partial charge in [0.1, 0.15) is 41.0 Å². The normalized spacial score (nSPS) is 11.1. The molecule has 126 valence electrons. The highest BCUT2D eigenvalue weighted by Gasteiger charge is 2.12. The topological polar surface area (TPSA) is 86.2 Å². The first kappa shape index (κ1) is 15.3. The van der Waals surface area contributed by atoms with Crippen LogP contribution in [-0.2, 0) is 13.0 Å². The van der Waals surface area contributed by atoms with Crippen molar-refractivity contribution in [3.63, 3.8) is 0 Å². The highest BCUT2D eigenvalue weighted by molar-refractivity contribution is 5.73. The minimum absolute atomic E-state index is 0.0765. The second-order valence-corrected chi connectivity index (χ2v) is 5.53. The van der Waals surface area contributed by atoms with Gasteiger partial charge < -0.3 is 14.4 Å². The van der Waals surface area contributed by atoms with E-state index in [9.17, 15) is 5.11 Å². The fourth-order valence-corrected chi connectivity index (χ4v) is 2.56. The quantitative estimate of drug-likeness (QED) is 0.582. The summed E-state index contributed by atoms with van der Waals surface area (Å²) >= 11 is 0. The highest BCUT2D eigenvalue weighted by Crippen LogP contribution is 2.25. The average molecular weight is 336 g/mol. The molecule has 0 fully saturated rings. The lowest BCUT2D eigenvalue weighted by Gasteiger charge is -2.11. The van der Waals surface area contributed by atoms with Crippen molar-refractivity contribution < 1.29 is 14.4 Å². The Kier molecular flexibility index (Phi) is 4.14. The standard InChI is InChI=1S/C18H16N4O3/c23-9-7-13-5-6-18(24-12-14-8-10-25-21-14)17(11-13)22-19-15-3-1-2-4-16(15)20-22/h1-6,8,10-11,23H,7,9,12H2. The van der Waals surface area contributed by atoms with Crippen LogP contribution in [0.3, 0.4) is 0 Å². The number of nitrogens with zero attached hydrogens (tertiary/aromatic N) is 4. The van der Waals surface area contributed by atoms with Crippen LogP contribution in [0.1, 0.15) is 11.3 Å². The molecule has 7 heteroatoms. The highest BCUT2D eigenvalue weighted by atomic mass is 16.5. The van der Waals surface area contributed by atoms with E-state index in [0.29, 0.717) is 23.6 Å².